The van der Waals surface area contributed by atoms with E-state index in [2.05, 4.69) is 26.8 Å². The van der Waals surface area contributed by atoms with Crippen LogP contribution in [0.3, 0.4) is 0 Å². The molecule has 1 fully saturated rings. The van der Waals surface area contributed by atoms with Crippen LogP contribution >= 0.6 is 15.9 Å². The summed E-state index contributed by atoms with van der Waals surface area (Å²) in [6.07, 6.45) is 0.0893. The van der Waals surface area contributed by atoms with Crippen LogP contribution in [0.4, 0.5) is 5.69 Å². The molecular formula is C19H18BrN3O4. The molecule has 0 bridgehead atoms. The van der Waals surface area contributed by atoms with Gasteiger partial charge in [0.1, 0.15) is 5.75 Å². The number of nitrogens with zero attached hydrogens (tertiary/aromatic N) is 1. The normalized spacial score (nSPS) is 16.1. The van der Waals surface area contributed by atoms with Gasteiger partial charge >= 0.3 is 0 Å². The van der Waals surface area contributed by atoms with Crippen LogP contribution in [0.2, 0.25) is 0 Å². The smallest absolute Gasteiger partial charge is 0.269 e. The van der Waals surface area contributed by atoms with Crippen molar-refractivity contribution in [1.82, 2.24) is 10.9 Å². The number of rotatable bonds is 4. The van der Waals surface area contributed by atoms with E-state index in [4.69, 9.17) is 4.74 Å². The van der Waals surface area contributed by atoms with Gasteiger partial charge in [-0.05, 0) is 48.5 Å². The maximum Gasteiger partial charge on any atom is 0.269 e. The van der Waals surface area contributed by atoms with Crippen LogP contribution in [0.15, 0.2) is 53.0 Å². The summed E-state index contributed by atoms with van der Waals surface area (Å²) in [5.41, 5.74) is 5.90. The van der Waals surface area contributed by atoms with Gasteiger partial charge in [-0.25, -0.2) is 0 Å². The van der Waals surface area contributed by atoms with E-state index in [1.165, 1.54) is 0 Å². The Kier molecular flexibility index (Phi) is 5.75. The third kappa shape index (κ3) is 4.46. The monoisotopic (exact) mass is 431 g/mol. The Morgan fingerprint density at radius 2 is 1.74 bits per heavy atom. The van der Waals surface area contributed by atoms with Gasteiger partial charge in [0.15, 0.2) is 0 Å². The van der Waals surface area contributed by atoms with Gasteiger partial charge in [-0.3, -0.25) is 25.2 Å². The van der Waals surface area contributed by atoms with E-state index in [0.717, 1.165) is 4.47 Å². The second kappa shape index (κ2) is 8.22. The molecule has 3 amide bonds. The van der Waals surface area contributed by atoms with Crippen LogP contribution in [0, 0.1) is 5.92 Å². The van der Waals surface area contributed by atoms with Crippen molar-refractivity contribution in [2.24, 2.45) is 5.92 Å². The van der Waals surface area contributed by atoms with E-state index in [0.29, 0.717) is 17.0 Å². The highest BCUT2D eigenvalue weighted by molar-refractivity contribution is 9.10. The highest BCUT2D eigenvalue weighted by Crippen LogP contribution is 2.26. The minimum Gasteiger partial charge on any atom is -0.497 e. The van der Waals surface area contributed by atoms with Gasteiger partial charge in [0.05, 0.1) is 13.0 Å². The molecule has 0 aromatic heterocycles. The fraction of sp³-hybridized carbons (Fsp3) is 0.211. The number of carbonyl (C=O) groups is 3. The molecule has 0 saturated carbocycles. The van der Waals surface area contributed by atoms with Gasteiger partial charge in [0.2, 0.25) is 11.8 Å². The number of nitrogens with one attached hydrogen (secondary N) is 2. The summed E-state index contributed by atoms with van der Waals surface area (Å²) >= 11 is 3.29. The molecule has 0 aliphatic carbocycles. The second-order valence-corrected chi connectivity index (χ2v) is 6.97. The lowest BCUT2D eigenvalue weighted by molar-refractivity contribution is -0.126. The van der Waals surface area contributed by atoms with E-state index in [1.807, 2.05) is 0 Å². The van der Waals surface area contributed by atoms with Crippen molar-refractivity contribution in [3.8, 4) is 5.75 Å². The third-order valence-electron chi connectivity index (χ3n) is 4.29. The predicted octanol–water partition coefficient (Wildman–Crippen LogP) is 2.27. The molecule has 0 unspecified atom stereocenters. The summed E-state index contributed by atoms with van der Waals surface area (Å²) < 4.78 is 5.96. The fourth-order valence-electron chi connectivity index (χ4n) is 2.79. The molecule has 140 valence electrons. The van der Waals surface area contributed by atoms with Crippen molar-refractivity contribution < 1.29 is 19.1 Å². The first kappa shape index (κ1) is 18.9. The lowest BCUT2D eigenvalue weighted by Crippen LogP contribution is -2.45. The molecule has 0 spiro atoms. The van der Waals surface area contributed by atoms with E-state index in [9.17, 15) is 14.4 Å². The number of carbonyl (C=O) groups excluding carboxylic acids is 3. The van der Waals surface area contributed by atoms with Gasteiger partial charge in [-0.2, -0.15) is 0 Å². The maximum absolute atomic E-state index is 12.3. The molecule has 1 aliphatic rings. The van der Waals surface area contributed by atoms with Crippen LogP contribution in [0.5, 0.6) is 5.75 Å². The SMILES string of the molecule is COc1ccc(N2C[C@@H](C(=O)NNC(=O)c3ccc(Br)cc3)CC2=O)cc1. The van der Waals surface area contributed by atoms with E-state index >= 15 is 0 Å². The average Bonchev–Trinajstić information content (AvgIpc) is 3.08. The zero-order valence-corrected chi connectivity index (χ0v) is 16.2. The van der Waals surface area contributed by atoms with Crippen LogP contribution in [0.25, 0.3) is 0 Å². The Balaban J connectivity index is 1.56. The Morgan fingerprint density at radius 1 is 1.07 bits per heavy atom. The van der Waals surface area contributed by atoms with Crippen LogP contribution in [-0.4, -0.2) is 31.4 Å². The van der Waals surface area contributed by atoms with Crippen LogP contribution in [0.1, 0.15) is 16.8 Å². The summed E-state index contributed by atoms with van der Waals surface area (Å²) in [6.45, 7) is 0.255. The van der Waals surface area contributed by atoms with Crippen molar-refractivity contribution in [3.63, 3.8) is 0 Å². The number of hydrogen-bond donors (Lipinski definition) is 2. The molecule has 2 N–H and O–H groups in total. The number of ether oxygens (including phenoxy) is 1. The molecule has 2 aromatic carbocycles. The van der Waals surface area contributed by atoms with Crippen molar-refractivity contribution in [3.05, 3.63) is 58.6 Å². The van der Waals surface area contributed by atoms with Crippen molar-refractivity contribution in [2.45, 2.75) is 6.42 Å². The summed E-state index contributed by atoms with van der Waals surface area (Å²) in [4.78, 5) is 38.2. The number of hydrazine groups is 1. The summed E-state index contributed by atoms with van der Waals surface area (Å²) in [7, 11) is 1.57. The molecule has 1 saturated heterocycles. The Labute approximate surface area is 164 Å². The Bertz CT molecular complexity index is 852. The zero-order valence-electron chi connectivity index (χ0n) is 14.6. The van der Waals surface area contributed by atoms with Gasteiger partial charge < -0.3 is 9.64 Å². The number of amides is 3. The van der Waals surface area contributed by atoms with Gasteiger partial charge in [-0.15, -0.1) is 0 Å². The highest BCUT2D eigenvalue weighted by atomic mass is 79.9. The lowest BCUT2D eigenvalue weighted by Gasteiger charge is -2.17. The van der Waals surface area contributed by atoms with Gasteiger partial charge in [-0.1, -0.05) is 15.9 Å². The minimum atomic E-state index is -0.537. The molecule has 1 atom stereocenters. The fourth-order valence-corrected chi connectivity index (χ4v) is 3.05. The van der Waals surface area contributed by atoms with E-state index in [-0.39, 0.29) is 18.9 Å². The summed E-state index contributed by atoms with van der Waals surface area (Å²) in [6, 6.07) is 13.8. The van der Waals surface area contributed by atoms with E-state index < -0.39 is 17.7 Å². The van der Waals surface area contributed by atoms with Crippen molar-refractivity contribution in [1.29, 1.82) is 0 Å². The Hall–Kier alpha value is -2.87. The molecule has 27 heavy (non-hydrogen) atoms. The topological polar surface area (TPSA) is 87.7 Å². The molecule has 3 rings (SSSR count). The van der Waals surface area contributed by atoms with E-state index in [1.54, 1.807) is 60.5 Å². The van der Waals surface area contributed by atoms with Crippen molar-refractivity contribution in [2.75, 3.05) is 18.6 Å². The molecule has 1 heterocycles. The largest absolute Gasteiger partial charge is 0.497 e. The first-order valence-electron chi connectivity index (χ1n) is 8.28. The second-order valence-electron chi connectivity index (χ2n) is 6.05. The van der Waals surface area contributed by atoms with Gasteiger partial charge in [0, 0.05) is 28.7 Å². The quantitative estimate of drug-likeness (QED) is 0.726. The Morgan fingerprint density at radius 3 is 2.37 bits per heavy atom. The average molecular weight is 432 g/mol. The minimum absolute atomic E-state index is 0.0893. The highest BCUT2D eigenvalue weighted by Gasteiger charge is 2.35. The third-order valence-corrected chi connectivity index (χ3v) is 4.81. The van der Waals surface area contributed by atoms with Crippen LogP contribution in [-0.2, 0) is 9.59 Å². The summed E-state index contributed by atoms with van der Waals surface area (Å²) in [5, 5.41) is 0. The molecule has 8 heteroatoms. The van der Waals surface area contributed by atoms with Crippen LogP contribution < -0.4 is 20.5 Å². The first-order valence-corrected chi connectivity index (χ1v) is 9.07. The predicted molar refractivity (Wildman–Crippen MR) is 103 cm³/mol. The number of hydrogen-bond acceptors (Lipinski definition) is 4. The van der Waals surface area contributed by atoms with Crippen molar-refractivity contribution >= 4 is 39.3 Å². The van der Waals surface area contributed by atoms with Gasteiger partial charge in [0.25, 0.3) is 5.91 Å². The number of halogens is 1. The molecule has 7 nitrogen and oxygen atoms in total. The number of methoxy groups -OCH3 is 1. The molecule has 1 aliphatic heterocycles. The first-order chi connectivity index (χ1) is 13.0. The standard InChI is InChI=1S/C19H18BrN3O4/c1-27-16-8-6-15(7-9-16)23-11-13(10-17(23)24)19(26)22-21-18(25)12-2-4-14(20)5-3-12/h2-9,13H,10-11H2,1H3,(H,21,25)(H,22,26)/t13-/m0/s1. The molecular weight excluding hydrogens is 414 g/mol. The maximum atomic E-state index is 12.3. The summed E-state index contributed by atoms with van der Waals surface area (Å²) in [5.74, 6) is -0.809. The molecule has 0 radical (unpaired) electrons. The number of benzene rings is 2. The number of anilines is 1. The lowest BCUT2D eigenvalue weighted by atomic mass is 10.1. The zero-order chi connectivity index (χ0) is 19.4. The molecule has 2 aromatic rings.